The molecule has 0 spiro atoms. The molecular formula is C10H11N. The van der Waals surface area contributed by atoms with E-state index in [0.717, 1.165) is 24.2 Å². The lowest BCUT2D eigenvalue weighted by atomic mass is 10.0. The second-order valence-corrected chi connectivity index (χ2v) is 2.94. The van der Waals surface area contributed by atoms with E-state index < -0.39 is 0 Å². The zero-order valence-electron chi connectivity index (χ0n) is 6.67. The molecule has 1 aliphatic carbocycles. The number of fused-ring (bicyclic) bond motifs is 1. The van der Waals surface area contributed by atoms with Gasteiger partial charge in [0.25, 0.3) is 0 Å². The second kappa shape index (κ2) is 2.50. The van der Waals surface area contributed by atoms with Gasteiger partial charge in [-0.05, 0) is 37.5 Å². The van der Waals surface area contributed by atoms with Gasteiger partial charge in [0.05, 0.1) is 5.69 Å². The minimum Gasteiger partial charge on any atom is -0.253 e. The molecule has 0 saturated heterocycles. The van der Waals surface area contributed by atoms with E-state index in [9.17, 15) is 0 Å². The third-order valence-corrected chi connectivity index (χ3v) is 2.01. The van der Waals surface area contributed by atoms with Gasteiger partial charge in [-0.2, -0.15) is 0 Å². The predicted molar refractivity (Wildman–Crippen MR) is 46.3 cm³/mol. The van der Waals surface area contributed by atoms with Gasteiger partial charge in [0, 0.05) is 5.69 Å². The van der Waals surface area contributed by atoms with Crippen LogP contribution in [0.25, 0.3) is 6.08 Å². The Balaban J connectivity index is 2.54. The number of nitrogens with zero attached hydrogens (tertiary/aromatic N) is 1. The fraction of sp³-hybridized carbons (Fsp3) is 0.300. The van der Waals surface area contributed by atoms with E-state index in [1.807, 2.05) is 6.92 Å². The summed E-state index contributed by atoms with van der Waals surface area (Å²) in [5.41, 5.74) is 3.66. The summed E-state index contributed by atoms with van der Waals surface area (Å²) in [6, 6.07) is 4.26. The van der Waals surface area contributed by atoms with Crippen LogP contribution in [0, 0.1) is 6.92 Å². The highest BCUT2D eigenvalue weighted by Crippen LogP contribution is 2.16. The molecule has 0 atom stereocenters. The largest absolute Gasteiger partial charge is 0.253 e. The molecule has 1 heterocycles. The van der Waals surface area contributed by atoms with Crippen molar-refractivity contribution in [2.75, 3.05) is 0 Å². The Hall–Kier alpha value is -1.11. The lowest BCUT2D eigenvalue weighted by Gasteiger charge is -2.08. The normalized spacial score (nSPS) is 14.6. The maximum absolute atomic E-state index is 4.43. The minimum atomic E-state index is 1.11. The van der Waals surface area contributed by atoms with Crippen LogP contribution in [0.15, 0.2) is 18.2 Å². The van der Waals surface area contributed by atoms with Crippen molar-refractivity contribution < 1.29 is 0 Å². The van der Waals surface area contributed by atoms with E-state index >= 15 is 0 Å². The zero-order valence-corrected chi connectivity index (χ0v) is 6.67. The molecule has 0 saturated carbocycles. The molecule has 0 fully saturated rings. The Morgan fingerprint density at radius 1 is 1.36 bits per heavy atom. The number of aromatic nitrogens is 1. The van der Waals surface area contributed by atoms with Gasteiger partial charge in [-0.1, -0.05) is 12.1 Å². The van der Waals surface area contributed by atoms with Crippen LogP contribution in [0.5, 0.6) is 0 Å². The van der Waals surface area contributed by atoms with Crippen molar-refractivity contribution in [2.24, 2.45) is 0 Å². The minimum absolute atomic E-state index is 1.11. The van der Waals surface area contributed by atoms with Gasteiger partial charge in [-0.25, -0.2) is 0 Å². The summed E-state index contributed by atoms with van der Waals surface area (Å²) in [5, 5.41) is 0. The molecule has 1 nitrogen and oxygen atoms in total. The molecule has 0 bridgehead atoms. The van der Waals surface area contributed by atoms with Crippen molar-refractivity contribution in [3.63, 3.8) is 0 Å². The lowest BCUT2D eigenvalue weighted by molar-refractivity contribution is 0.955. The molecular weight excluding hydrogens is 134 g/mol. The molecule has 56 valence electrons. The summed E-state index contributed by atoms with van der Waals surface area (Å²) >= 11 is 0. The van der Waals surface area contributed by atoms with E-state index in [2.05, 4.69) is 29.3 Å². The second-order valence-electron chi connectivity index (χ2n) is 2.94. The Kier molecular flexibility index (Phi) is 1.50. The van der Waals surface area contributed by atoms with Crippen LogP contribution in [0.3, 0.4) is 0 Å². The molecule has 2 rings (SSSR count). The molecule has 0 unspecified atom stereocenters. The summed E-state index contributed by atoms with van der Waals surface area (Å²) in [7, 11) is 0. The third-order valence-electron chi connectivity index (χ3n) is 2.01. The van der Waals surface area contributed by atoms with E-state index in [0.29, 0.717) is 0 Å². The molecule has 1 aromatic rings. The van der Waals surface area contributed by atoms with Crippen molar-refractivity contribution in [3.05, 3.63) is 35.2 Å². The van der Waals surface area contributed by atoms with Crippen LogP contribution in [0.4, 0.5) is 0 Å². The summed E-state index contributed by atoms with van der Waals surface area (Å²) in [6.45, 7) is 2.03. The molecule has 0 aromatic carbocycles. The number of hydrogen-bond donors (Lipinski definition) is 0. The Morgan fingerprint density at radius 3 is 3.18 bits per heavy atom. The van der Waals surface area contributed by atoms with Crippen LogP contribution in [0.2, 0.25) is 0 Å². The quantitative estimate of drug-likeness (QED) is 0.546. The van der Waals surface area contributed by atoms with Gasteiger partial charge in [-0.15, -0.1) is 0 Å². The SMILES string of the molecule is Cc1ccc2c(n1)C=CCC2. The molecule has 1 aliphatic rings. The van der Waals surface area contributed by atoms with Gasteiger partial charge in [0.15, 0.2) is 0 Å². The first-order valence-electron chi connectivity index (χ1n) is 3.99. The first-order chi connectivity index (χ1) is 5.36. The number of allylic oxidation sites excluding steroid dienone is 1. The third kappa shape index (κ3) is 1.18. The molecule has 0 radical (unpaired) electrons. The maximum atomic E-state index is 4.43. The number of aryl methyl sites for hydroxylation is 2. The Bertz CT molecular complexity index is 300. The monoisotopic (exact) mass is 145 g/mol. The van der Waals surface area contributed by atoms with Gasteiger partial charge in [0.2, 0.25) is 0 Å². The summed E-state index contributed by atoms with van der Waals surface area (Å²) in [6.07, 6.45) is 6.62. The van der Waals surface area contributed by atoms with E-state index in [4.69, 9.17) is 0 Å². The highest BCUT2D eigenvalue weighted by atomic mass is 14.7. The molecule has 1 aromatic heterocycles. The summed E-state index contributed by atoms with van der Waals surface area (Å²) in [4.78, 5) is 4.43. The van der Waals surface area contributed by atoms with E-state index in [-0.39, 0.29) is 0 Å². The first kappa shape index (κ1) is 6.59. The van der Waals surface area contributed by atoms with Crippen LogP contribution in [0.1, 0.15) is 23.4 Å². The highest BCUT2D eigenvalue weighted by Gasteiger charge is 2.03. The predicted octanol–water partition coefficient (Wildman–Crippen LogP) is 2.35. The van der Waals surface area contributed by atoms with Crippen molar-refractivity contribution in [3.8, 4) is 0 Å². The molecule has 1 heteroatoms. The standard InChI is InChI=1S/C10H11N/c1-8-6-7-9-4-2-3-5-10(9)11-8/h3,5-7H,2,4H2,1H3. The van der Waals surface area contributed by atoms with Crippen molar-refractivity contribution in [1.82, 2.24) is 4.98 Å². The van der Waals surface area contributed by atoms with Crippen LogP contribution in [-0.2, 0) is 6.42 Å². The van der Waals surface area contributed by atoms with Crippen molar-refractivity contribution in [1.29, 1.82) is 0 Å². The van der Waals surface area contributed by atoms with Crippen LogP contribution in [-0.4, -0.2) is 4.98 Å². The lowest BCUT2D eigenvalue weighted by Crippen LogP contribution is -1.97. The molecule has 0 aliphatic heterocycles. The summed E-state index contributed by atoms with van der Waals surface area (Å²) in [5.74, 6) is 0. The van der Waals surface area contributed by atoms with Gasteiger partial charge < -0.3 is 0 Å². The Labute approximate surface area is 66.8 Å². The molecule has 0 amide bonds. The maximum Gasteiger partial charge on any atom is 0.0661 e. The topological polar surface area (TPSA) is 12.9 Å². The van der Waals surface area contributed by atoms with Crippen molar-refractivity contribution >= 4 is 6.08 Å². The number of rotatable bonds is 0. The highest BCUT2D eigenvalue weighted by molar-refractivity contribution is 5.52. The van der Waals surface area contributed by atoms with Gasteiger partial charge >= 0.3 is 0 Å². The van der Waals surface area contributed by atoms with E-state index in [1.54, 1.807) is 0 Å². The smallest absolute Gasteiger partial charge is 0.0661 e. The van der Waals surface area contributed by atoms with Gasteiger partial charge in [0.1, 0.15) is 0 Å². The van der Waals surface area contributed by atoms with Crippen LogP contribution >= 0.6 is 0 Å². The summed E-state index contributed by atoms with van der Waals surface area (Å²) < 4.78 is 0. The number of pyridine rings is 1. The molecule has 11 heavy (non-hydrogen) atoms. The average molecular weight is 145 g/mol. The Morgan fingerprint density at radius 2 is 2.27 bits per heavy atom. The van der Waals surface area contributed by atoms with E-state index in [1.165, 1.54) is 5.56 Å². The number of hydrogen-bond acceptors (Lipinski definition) is 1. The van der Waals surface area contributed by atoms with Gasteiger partial charge in [-0.3, -0.25) is 4.98 Å². The fourth-order valence-electron chi connectivity index (χ4n) is 1.40. The molecule has 0 N–H and O–H groups in total. The zero-order chi connectivity index (χ0) is 7.68. The van der Waals surface area contributed by atoms with Crippen LogP contribution < -0.4 is 0 Å². The fourth-order valence-corrected chi connectivity index (χ4v) is 1.40. The first-order valence-corrected chi connectivity index (χ1v) is 3.99. The average Bonchev–Trinajstić information content (AvgIpc) is 2.04. The van der Waals surface area contributed by atoms with Crippen molar-refractivity contribution in [2.45, 2.75) is 19.8 Å².